The van der Waals surface area contributed by atoms with Gasteiger partial charge in [0.1, 0.15) is 0 Å². The van der Waals surface area contributed by atoms with Gasteiger partial charge in [0.05, 0.1) is 12.7 Å². The second-order valence-electron chi connectivity index (χ2n) is 5.15. The van der Waals surface area contributed by atoms with Crippen LogP contribution in [0.5, 0.6) is 0 Å². The first-order valence-electron chi connectivity index (χ1n) is 6.88. The van der Waals surface area contributed by atoms with E-state index in [-0.39, 0.29) is 6.61 Å². The monoisotopic (exact) mass is 249 g/mol. The molecule has 0 spiro atoms. The molecule has 1 fully saturated rings. The highest BCUT2D eigenvalue weighted by Gasteiger charge is 2.26. The van der Waals surface area contributed by atoms with Gasteiger partial charge in [-0.25, -0.2) is 0 Å². The zero-order chi connectivity index (χ0) is 12.8. The average Bonchev–Trinajstić information content (AvgIpc) is 2.46. The Hall–Kier alpha value is -0.900. The fourth-order valence-electron chi connectivity index (χ4n) is 2.83. The summed E-state index contributed by atoms with van der Waals surface area (Å²) in [4.78, 5) is 0. The molecule has 1 aromatic rings. The smallest absolute Gasteiger partial charge is 0.0895 e. The quantitative estimate of drug-likeness (QED) is 0.744. The molecule has 3 N–H and O–H groups in total. The lowest BCUT2D eigenvalue weighted by Crippen LogP contribution is -2.42. The maximum absolute atomic E-state index is 9.43. The minimum absolute atomic E-state index is 0.171. The first-order valence-corrected chi connectivity index (χ1v) is 6.88. The van der Waals surface area contributed by atoms with E-state index in [2.05, 4.69) is 29.6 Å². The van der Waals surface area contributed by atoms with Crippen LogP contribution in [0.25, 0.3) is 0 Å². The van der Waals surface area contributed by atoms with Crippen molar-refractivity contribution in [3.8, 4) is 0 Å². The summed E-state index contributed by atoms with van der Waals surface area (Å²) >= 11 is 0. The second kappa shape index (κ2) is 6.88. The van der Waals surface area contributed by atoms with E-state index in [1.54, 1.807) is 0 Å². The molecular weight excluding hydrogens is 226 g/mol. The van der Waals surface area contributed by atoms with Gasteiger partial charge in [0.2, 0.25) is 0 Å². The number of rotatable bonds is 5. The van der Waals surface area contributed by atoms with Crippen molar-refractivity contribution in [2.45, 2.75) is 43.7 Å². The summed E-state index contributed by atoms with van der Waals surface area (Å²) in [7, 11) is 0. The van der Waals surface area contributed by atoms with E-state index in [4.69, 9.17) is 5.11 Å². The van der Waals surface area contributed by atoms with Crippen LogP contribution in [0.4, 0.5) is 0 Å². The van der Waals surface area contributed by atoms with Gasteiger partial charge in [0.15, 0.2) is 0 Å². The minimum Gasteiger partial charge on any atom is -0.394 e. The van der Waals surface area contributed by atoms with Crippen LogP contribution in [0, 0.1) is 0 Å². The van der Waals surface area contributed by atoms with Crippen LogP contribution < -0.4 is 5.32 Å². The molecule has 1 aliphatic rings. The highest BCUT2D eigenvalue weighted by atomic mass is 16.3. The minimum atomic E-state index is -0.650. The summed E-state index contributed by atoms with van der Waals surface area (Å²) in [6.45, 7) is 0.306. The van der Waals surface area contributed by atoms with Crippen molar-refractivity contribution in [2.24, 2.45) is 0 Å². The molecule has 1 aromatic carbocycles. The average molecular weight is 249 g/mol. The van der Waals surface area contributed by atoms with Gasteiger partial charge in [-0.1, -0.05) is 43.2 Å². The summed E-state index contributed by atoms with van der Waals surface area (Å²) < 4.78 is 0. The molecule has 3 atom stereocenters. The lowest BCUT2D eigenvalue weighted by atomic mass is 9.80. The molecule has 0 amide bonds. The number of hydrogen-bond donors (Lipinski definition) is 3. The lowest BCUT2D eigenvalue weighted by Gasteiger charge is -2.33. The van der Waals surface area contributed by atoms with Crippen LogP contribution in [-0.4, -0.2) is 35.5 Å². The van der Waals surface area contributed by atoms with Gasteiger partial charge in [-0.3, -0.25) is 0 Å². The predicted octanol–water partition coefficient (Wildman–Crippen LogP) is 1.66. The van der Waals surface area contributed by atoms with Crippen LogP contribution in [0.15, 0.2) is 30.3 Å². The van der Waals surface area contributed by atoms with Crippen molar-refractivity contribution in [3.63, 3.8) is 0 Å². The van der Waals surface area contributed by atoms with E-state index in [9.17, 15) is 5.11 Å². The number of benzene rings is 1. The maximum atomic E-state index is 9.43. The van der Waals surface area contributed by atoms with Crippen molar-refractivity contribution >= 4 is 0 Å². The van der Waals surface area contributed by atoms with Crippen molar-refractivity contribution in [2.75, 3.05) is 13.2 Å². The van der Waals surface area contributed by atoms with Gasteiger partial charge in [0.25, 0.3) is 0 Å². The van der Waals surface area contributed by atoms with Crippen molar-refractivity contribution in [3.05, 3.63) is 35.9 Å². The lowest BCUT2D eigenvalue weighted by molar-refractivity contribution is 0.0892. The zero-order valence-electron chi connectivity index (χ0n) is 10.8. The largest absolute Gasteiger partial charge is 0.394 e. The van der Waals surface area contributed by atoms with Gasteiger partial charge in [0, 0.05) is 12.6 Å². The highest BCUT2D eigenvalue weighted by Crippen LogP contribution is 2.32. The topological polar surface area (TPSA) is 52.5 Å². The molecule has 100 valence electrons. The fraction of sp³-hybridized carbons (Fsp3) is 0.600. The summed E-state index contributed by atoms with van der Waals surface area (Å²) in [6, 6.07) is 11.0. The Morgan fingerprint density at radius 2 is 1.89 bits per heavy atom. The van der Waals surface area contributed by atoms with Crippen LogP contribution in [0.3, 0.4) is 0 Å². The van der Waals surface area contributed by atoms with E-state index in [0.717, 1.165) is 6.42 Å². The molecular formula is C15H23NO2. The Bertz CT molecular complexity index is 342. The Kier molecular flexibility index (Phi) is 5.17. The first kappa shape index (κ1) is 13.5. The van der Waals surface area contributed by atoms with Crippen LogP contribution in [-0.2, 0) is 0 Å². The van der Waals surface area contributed by atoms with E-state index in [1.165, 1.54) is 24.8 Å². The third kappa shape index (κ3) is 3.55. The van der Waals surface area contributed by atoms with Crippen LogP contribution in [0.2, 0.25) is 0 Å². The maximum Gasteiger partial charge on any atom is 0.0895 e. The number of hydrogen-bond acceptors (Lipinski definition) is 3. The highest BCUT2D eigenvalue weighted by molar-refractivity contribution is 5.22. The second-order valence-corrected chi connectivity index (χ2v) is 5.15. The summed E-state index contributed by atoms with van der Waals surface area (Å²) in [5.41, 5.74) is 1.38. The molecule has 18 heavy (non-hydrogen) atoms. The van der Waals surface area contributed by atoms with E-state index in [0.29, 0.717) is 18.5 Å². The number of aliphatic hydroxyl groups is 2. The molecule has 1 saturated carbocycles. The molecule has 0 bridgehead atoms. The summed E-state index contributed by atoms with van der Waals surface area (Å²) in [5, 5.41) is 21.7. The SMILES string of the molecule is OCC(O)CNC1CCCCC1c1ccccc1. The van der Waals surface area contributed by atoms with Crippen LogP contribution >= 0.6 is 0 Å². The van der Waals surface area contributed by atoms with Gasteiger partial charge in [-0.15, -0.1) is 0 Å². The molecule has 0 radical (unpaired) electrons. The molecule has 0 aromatic heterocycles. The van der Waals surface area contributed by atoms with E-state index in [1.807, 2.05) is 6.07 Å². The Balaban J connectivity index is 1.98. The van der Waals surface area contributed by atoms with Gasteiger partial charge in [-0.2, -0.15) is 0 Å². The Labute approximate surface area is 109 Å². The summed E-state index contributed by atoms with van der Waals surface area (Å²) in [6.07, 6.45) is 4.23. The third-order valence-electron chi connectivity index (χ3n) is 3.82. The standard InChI is InChI=1S/C15H23NO2/c17-11-13(18)10-16-15-9-5-4-8-14(15)12-6-2-1-3-7-12/h1-3,6-7,13-18H,4-5,8-11H2. The molecule has 0 aliphatic heterocycles. The Morgan fingerprint density at radius 3 is 2.61 bits per heavy atom. The normalized spacial score (nSPS) is 25.9. The van der Waals surface area contributed by atoms with E-state index < -0.39 is 6.10 Å². The number of nitrogens with one attached hydrogen (secondary N) is 1. The zero-order valence-corrected chi connectivity index (χ0v) is 10.8. The first-order chi connectivity index (χ1) is 8.81. The van der Waals surface area contributed by atoms with Gasteiger partial charge < -0.3 is 15.5 Å². The van der Waals surface area contributed by atoms with Gasteiger partial charge >= 0.3 is 0 Å². The molecule has 0 saturated heterocycles. The molecule has 1 aliphatic carbocycles. The Morgan fingerprint density at radius 1 is 1.17 bits per heavy atom. The molecule has 3 nitrogen and oxygen atoms in total. The molecule has 3 heteroatoms. The molecule has 3 unspecified atom stereocenters. The third-order valence-corrected chi connectivity index (χ3v) is 3.82. The number of aliphatic hydroxyl groups excluding tert-OH is 2. The molecule has 2 rings (SSSR count). The molecule has 0 heterocycles. The van der Waals surface area contributed by atoms with Crippen molar-refractivity contribution in [1.29, 1.82) is 0 Å². The van der Waals surface area contributed by atoms with Gasteiger partial charge in [-0.05, 0) is 24.3 Å². The fourth-order valence-corrected chi connectivity index (χ4v) is 2.83. The summed E-state index contributed by atoms with van der Waals surface area (Å²) in [5.74, 6) is 0.533. The van der Waals surface area contributed by atoms with Crippen molar-refractivity contribution < 1.29 is 10.2 Å². The predicted molar refractivity (Wildman–Crippen MR) is 72.5 cm³/mol. The van der Waals surface area contributed by atoms with Crippen molar-refractivity contribution in [1.82, 2.24) is 5.32 Å². The van der Waals surface area contributed by atoms with Crippen LogP contribution in [0.1, 0.15) is 37.2 Å². The van der Waals surface area contributed by atoms with E-state index >= 15 is 0 Å².